The molecule has 1 fully saturated rings. The van der Waals surface area contributed by atoms with E-state index in [-0.39, 0.29) is 6.10 Å². The van der Waals surface area contributed by atoms with Crippen LogP contribution in [0.1, 0.15) is 30.6 Å². The Kier molecular flexibility index (Phi) is 3.97. The van der Waals surface area contributed by atoms with Crippen LogP contribution in [0.5, 0.6) is 0 Å². The zero-order valence-electron chi connectivity index (χ0n) is 10.3. The Morgan fingerprint density at radius 1 is 1.31 bits per heavy atom. The molecule has 1 aromatic rings. The average Bonchev–Trinajstić information content (AvgIpc) is 2.31. The molecule has 0 amide bonds. The first-order valence-electron chi connectivity index (χ1n) is 6.20. The molecule has 1 aliphatic heterocycles. The fraction of sp³-hybridized carbons (Fsp3) is 0.571. The summed E-state index contributed by atoms with van der Waals surface area (Å²) in [6.45, 7) is 8.52. The van der Waals surface area contributed by atoms with Gasteiger partial charge in [-0.2, -0.15) is 0 Å². The van der Waals surface area contributed by atoms with E-state index >= 15 is 0 Å². The summed E-state index contributed by atoms with van der Waals surface area (Å²) in [5.74, 6) is 0. The van der Waals surface area contributed by atoms with E-state index in [4.69, 9.17) is 4.74 Å². The largest absolute Gasteiger partial charge is 0.371 e. The highest BCUT2D eigenvalue weighted by molar-refractivity contribution is 5.23. The highest BCUT2D eigenvalue weighted by Gasteiger charge is 2.20. The monoisotopic (exact) mass is 219 g/mol. The Morgan fingerprint density at radius 3 is 2.75 bits per heavy atom. The predicted molar refractivity (Wildman–Crippen MR) is 66.6 cm³/mol. The van der Waals surface area contributed by atoms with E-state index in [2.05, 4.69) is 43.0 Å². The SMILES string of the molecule is CCCN1CCOC(c2ccc(C)cc2)C1. The van der Waals surface area contributed by atoms with E-state index < -0.39 is 0 Å². The van der Waals surface area contributed by atoms with E-state index in [1.165, 1.54) is 24.1 Å². The van der Waals surface area contributed by atoms with Crippen LogP contribution in [0.3, 0.4) is 0 Å². The number of hydrogen-bond acceptors (Lipinski definition) is 2. The van der Waals surface area contributed by atoms with Crippen LogP contribution in [0.4, 0.5) is 0 Å². The first-order chi connectivity index (χ1) is 7.79. The van der Waals surface area contributed by atoms with Crippen LogP contribution in [-0.2, 0) is 4.74 Å². The zero-order chi connectivity index (χ0) is 11.4. The molecule has 0 saturated carbocycles. The fourth-order valence-corrected chi connectivity index (χ4v) is 2.20. The van der Waals surface area contributed by atoms with Gasteiger partial charge in [0.25, 0.3) is 0 Å². The number of morpholine rings is 1. The molecular weight excluding hydrogens is 198 g/mol. The predicted octanol–water partition coefficient (Wildman–Crippen LogP) is 2.78. The summed E-state index contributed by atoms with van der Waals surface area (Å²) in [6.07, 6.45) is 1.49. The van der Waals surface area contributed by atoms with Gasteiger partial charge in [-0.3, -0.25) is 4.90 Å². The van der Waals surface area contributed by atoms with Gasteiger partial charge in [-0.15, -0.1) is 0 Å². The summed E-state index contributed by atoms with van der Waals surface area (Å²) in [7, 11) is 0. The maximum absolute atomic E-state index is 5.84. The number of rotatable bonds is 3. The lowest BCUT2D eigenvalue weighted by molar-refractivity contribution is -0.0298. The summed E-state index contributed by atoms with van der Waals surface area (Å²) in [5, 5.41) is 0. The lowest BCUT2D eigenvalue weighted by atomic mass is 10.1. The van der Waals surface area contributed by atoms with Crippen LogP contribution < -0.4 is 0 Å². The van der Waals surface area contributed by atoms with E-state index in [0.717, 1.165) is 19.7 Å². The van der Waals surface area contributed by atoms with Gasteiger partial charge < -0.3 is 4.74 Å². The van der Waals surface area contributed by atoms with Gasteiger partial charge in [0.05, 0.1) is 12.7 Å². The number of ether oxygens (including phenoxy) is 1. The molecule has 0 N–H and O–H groups in total. The Bertz CT molecular complexity index is 318. The van der Waals surface area contributed by atoms with Gasteiger partial charge in [0.15, 0.2) is 0 Å². The van der Waals surface area contributed by atoms with Crippen LogP contribution in [0.15, 0.2) is 24.3 Å². The number of aryl methyl sites for hydroxylation is 1. The van der Waals surface area contributed by atoms with Crippen molar-refractivity contribution >= 4 is 0 Å². The van der Waals surface area contributed by atoms with Crippen molar-refractivity contribution in [2.75, 3.05) is 26.2 Å². The van der Waals surface area contributed by atoms with Crippen molar-refractivity contribution in [1.29, 1.82) is 0 Å². The zero-order valence-corrected chi connectivity index (χ0v) is 10.3. The van der Waals surface area contributed by atoms with Gasteiger partial charge in [-0.05, 0) is 25.5 Å². The minimum atomic E-state index is 0.265. The summed E-state index contributed by atoms with van der Waals surface area (Å²) >= 11 is 0. The number of hydrogen-bond donors (Lipinski definition) is 0. The second-order valence-electron chi connectivity index (χ2n) is 4.57. The molecule has 88 valence electrons. The number of benzene rings is 1. The average molecular weight is 219 g/mol. The minimum Gasteiger partial charge on any atom is -0.371 e. The molecule has 2 nitrogen and oxygen atoms in total. The molecule has 0 radical (unpaired) electrons. The normalized spacial score (nSPS) is 22.2. The van der Waals surface area contributed by atoms with Crippen molar-refractivity contribution in [3.8, 4) is 0 Å². The maximum atomic E-state index is 5.84. The van der Waals surface area contributed by atoms with Crippen molar-refractivity contribution in [2.45, 2.75) is 26.4 Å². The minimum absolute atomic E-state index is 0.265. The van der Waals surface area contributed by atoms with Crippen molar-refractivity contribution in [3.63, 3.8) is 0 Å². The van der Waals surface area contributed by atoms with E-state index in [9.17, 15) is 0 Å². The maximum Gasteiger partial charge on any atom is 0.0952 e. The van der Waals surface area contributed by atoms with Crippen LogP contribution in [0, 0.1) is 6.92 Å². The van der Waals surface area contributed by atoms with Gasteiger partial charge in [-0.25, -0.2) is 0 Å². The number of nitrogens with zero attached hydrogens (tertiary/aromatic N) is 1. The molecule has 1 aliphatic rings. The summed E-state index contributed by atoms with van der Waals surface area (Å²) in [4.78, 5) is 2.49. The summed E-state index contributed by atoms with van der Waals surface area (Å²) < 4.78 is 5.84. The Labute approximate surface area is 98.2 Å². The molecule has 1 aromatic carbocycles. The molecule has 1 heterocycles. The Morgan fingerprint density at radius 2 is 2.06 bits per heavy atom. The Hall–Kier alpha value is -0.860. The summed E-state index contributed by atoms with van der Waals surface area (Å²) in [5.41, 5.74) is 2.62. The molecule has 2 rings (SSSR count). The molecule has 0 aliphatic carbocycles. The van der Waals surface area contributed by atoms with Gasteiger partial charge in [-0.1, -0.05) is 36.8 Å². The van der Waals surface area contributed by atoms with E-state index in [0.29, 0.717) is 0 Å². The third-order valence-corrected chi connectivity index (χ3v) is 3.14. The van der Waals surface area contributed by atoms with Crippen molar-refractivity contribution < 1.29 is 4.74 Å². The van der Waals surface area contributed by atoms with Gasteiger partial charge in [0.1, 0.15) is 0 Å². The van der Waals surface area contributed by atoms with Gasteiger partial charge in [0.2, 0.25) is 0 Å². The molecule has 0 aromatic heterocycles. The van der Waals surface area contributed by atoms with Gasteiger partial charge >= 0.3 is 0 Å². The highest BCUT2D eigenvalue weighted by atomic mass is 16.5. The molecule has 1 saturated heterocycles. The second kappa shape index (κ2) is 5.46. The molecule has 0 bridgehead atoms. The van der Waals surface area contributed by atoms with Crippen molar-refractivity contribution in [1.82, 2.24) is 4.90 Å². The quantitative estimate of drug-likeness (QED) is 0.775. The molecule has 1 atom stereocenters. The standard InChI is InChI=1S/C14H21NO/c1-3-8-15-9-10-16-14(11-15)13-6-4-12(2)5-7-13/h4-7,14H,3,8-11H2,1-2H3. The molecule has 16 heavy (non-hydrogen) atoms. The van der Waals surface area contributed by atoms with Gasteiger partial charge in [0, 0.05) is 13.1 Å². The molecular formula is C14H21NO. The smallest absolute Gasteiger partial charge is 0.0952 e. The molecule has 2 heteroatoms. The van der Waals surface area contributed by atoms with Crippen LogP contribution in [0.25, 0.3) is 0 Å². The molecule has 1 unspecified atom stereocenters. The first kappa shape index (κ1) is 11.6. The van der Waals surface area contributed by atoms with Crippen LogP contribution in [0.2, 0.25) is 0 Å². The Balaban J connectivity index is 2.01. The van der Waals surface area contributed by atoms with Crippen molar-refractivity contribution in [2.24, 2.45) is 0 Å². The third-order valence-electron chi connectivity index (χ3n) is 3.14. The van der Waals surface area contributed by atoms with Crippen LogP contribution >= 0.6 is 0 Å². The van der Waals surface area contributed by atoms with E-state index in [1.54, 1.807) is 0 Å². The second-order valence-corrected chi connectivity index (χ2v) is 4.57. The van der Waals surface area contributed by atoms with Crippen molar-refractivity contribution in [3.05, 3.63) is 35.4 Å². The lowest BCUT2D eigenvalue weighted by Crippen LogP contribution is -2.38. The third kappa shape index (κ3) is 2.83. The van der Waals surface area contributed by atoms with Crippen LogP contribution in [-0.4, -0.2) is 31.1 Å². The highest BCUT2D eigenvalue weighted by Crippen LogP contribution is 2.22. The topological polar surface area (TPSA) is 12.5 Å². The lowest BCUT2D eigenvalue weighted by Gasteiger charge is -2.32. The summed E-state index contributed by atoms with van der Waals surface area (Å²) in [6, 6.07) is 8.71. The van der Waals surface area contributed by atoms with E-state index in [1.807, 2.05) is 0 Å². The first-order valence-corrected chi connectivity index (χ1v) is 6.20. The molecule has 0 spiro atoms. The fourth-order valence-electron chi connectivity index (χ4n) is 2.20.